The van der Waals surface area contributed by atoms with E-state index >= 15 is 0 Å². The minimum absolute atomic E-state index is 0.107. The van der Waals surface area contributed by atoms with Gasteiger partial charge in [-0.2, -0.15) is 0 Å². The molecule has 21 heavy (non-hydrogen) atoms. The van der Waals surface area contributed by atoms with Gasteiger partial charge in [-0.05, 0) is 24.1 Å². The molecule has 0 heterocycles. The van der Waals surface area contributed by atoms with Crippen molar-refractivity contribution in [3.05, 3.63) is 59.4 Å². The predicted octanol–water partition coefficient (Wildman–Crippen LogP) is 3.80. The fourth-order valence-corrected chi connectivity index (χ4v) is 2.03. The molecule has 2 rings (SSSR count). The summed E-state index contributed by atoms with van der Waals surface area (Å²) in [6.45, 7) is 0. The Hall–Kier alpha value is -2.49. The Balaban J connectivity index is 2.19. The molecule has 0 atom stereocenters. The van der Waals surface area contributed by atoms with E-state index in [0.29, 0.717) is 23.5 Å². The van der Waals surface area contributed by atoms with Crippen LogP contribution in [0, 0.1) is 5.82 Å². The lowest BCUT2D eigenvalue weighted by Gasteiger charge is -2.11. The van der Waals surface area contributed by atoms with Gasteiger partial charge in [-0.3, -0.25) is 0 Å². The molecule has 0 fully saturated rings. The second kappa shape index (κ2) is 6.79. The Labute approximate surface area is 123 Å². The molecule has 0 saturated carbocycles. The van der Waals surface area contributed by atoms with E-state index in [9.17, 15) is 9.50 Å². The normalized spacial score (nSPS) is 10.8. The number of halogens is 1. The maximum atomic E-state index is 13.1. The molecular weight excluding hydrogens is 271 g/mol. The van der Waals surface area contributed by atoms with Crippen LogP contribution in [0.2, 0.25) is 0 Å². The maximum absolute atomic E-state index is 13.1. The van der Waals surface area contributed by atoms with E-state index in [0.717, 1.165) is 5.56 Å². The van der Waals surface area contributed by atoms with Gasteiger partial charge in [-0.25, -0.2) is 4.39 Å². The molecule has 4 heteroatoms. The highest BCUT2D eigenvalue weighted by atomic mass is 19.1. The Morgan fingerprint density at radius 1 is 1.14 bits per heavy atom. The quantitative estimate of drug-likeness (QED) is 0.909. The molecule has 0 amide bonds. The van der Waals surface area contributed by atoms with Crippen molar-refractivity contribution >= 4 is 6.08 Å². The van der Waals surface area contributed by atoms with E-state index in [1.807, 2.05) is 12.1 Å². The second-order valence-electron chi connectivity index (χ2n) is 4.49. The lowest BCUT2D eigenvalue weighted by Crippen LogP contribution is -1.93. The molecule has 0 radical (unpaired) electrons. The summed E-state index contributed by atoms with van der Waals surface area (Å²) in [6, 6.07) is 9.56. The van der Waals surface area contributed by atoms with E-state index in [1.165, 1.54) is 32.4 Å². The van der Waals surface area contributed by atoms with Crippen LogP contribution in [0.15, 0.2) is 42.5 Å². The first-order valence-corrected chi connectivity index (χ1v) is 6.50. The maximum Gasteiger partial charge on any atom is 0.129 e. The van der Waals surface area contributed by atoms with Crippen LogP contribution in [0.3, 0.4) is 0 Å². The monoisotopic (exact) mass is 288 g/mol. The molecule has 0 spiro atoms. The number of phenols is 1. The molecule has 0 bridgehead atoms. The average Bonchev–Trinajstić information content (AvgIpc) is 2.48. The third kappa shape index (κ3) is 3.75. The van der Waals surface area contributed by atoms with Crippen molar-refractivity contribution in [2.24, 2.45) is 0 Å². The number of aromatic hydroxyl groups is 1. The Kier molecular flexibility index (Phi) is 4.82. The van der Waals surface area contributed by atoms with Crippen molar-refractivity contribution in [3.8, 4) is 17.2 Å². The van der Waals surface area contributed by atoms with Crippen molar-refractivity contribution in [3.63, 3.8) is 0 Å². The van der Waals surface area contributed by atoms with Crippen molar-refractivity contribution in [2.75, 3.05) is 14.2 Å². The van der Waals surface area contributed by atoms with Crippen molar-refractivity contribution in [1.29, 1.82) is 0 Å². The zero-order chi connectivity index (χ0) is 15.2. The lowest BCUT2D eigenvalue weighted by molar-refractivity contribution is 0.380. The van der Waals surface area contributed by atoms with Crippen LogP contribution in [0.5, 0.6) is 17.2 Å². The van der Waals surface area contributed by atoms with E-state index in [2.05, 4.69) is 0 Å². The minimum atomic E-state index is -0.276. The summed E-state index contributed by atoms with van der Waals surface area (Å²) in [7, 11) is 3.06. The summed E-state index contributed by atoms with van der Waals surface area (Å²) in [5.41, 5.74) is 1.42. The van der Waals surface area contributed by atoms with Gasteiger partial charge in [0.25, 0.3) is 0 Å². The average molecular weight is 288 g/mol. The van der Waals surface area contributed by atoms with Crippen LogP contribution >= 0.6 is 0 Å². The first kappa shape index (κ1) is 14.9. The third-order valence-corrected chi connectivity index (χ3v) is 3.10. The Morgan fingerprint density at radius 2 is 1.95 bits per heavy atom. The zero-order valence-electron chi connectivity index (χ0n) is 12.0. The predicted molar refractivity (Wildman–Crippen MR) is 80.3 cm³/mol. The van der Waals surface area contributed by atoms with Crippen LogP contribution in [-0.4, -0.2) is 19.3 Å². The highest BCUT2D eigenvalue weighted by Crippen LogP contribution is 2.33. The summed E-state index contributed by atoms with van der Waals surface area (Å²) in [5, 5.41) is 10.0. The smallest absolute Gasteiger partial charge is 0.129 e. The number of methoxy groups -OCH3 is 2. The molecule has 0 aliphatic heterocycles. The SMILES string of the molecule is COc1cc(O)c(C/C=C/c2cccc(F)c2)c(OC)c1. The number of phenolic OH excluding ortho intramolecular Hbond substituents is 1. The van der Waals surface area contributed by atoms with Crippen LogP contribution in [-0.2, 0) is 6.42 Å². The van der Waals surface area contributed by atoms with Gasteiger partial charge in [0.05, 0.1) is 14.2 Å². The fraction of sp³-hybridized carbons (Fsp3) is 0.176. The molecule has 0 aliphatic rings. The topological polar surface area (TPSA) is 38.7 Å². The number of benzene rings is 2. The van der Waals surface area contributed by atoms with Gasteiger partial charge in [0.2, 0.25) is 0 Å². The van der Waals surface area contributed by atoms with E-state index < -0.39 is 0 Å². The number of hydrogen-bond acceptors (Lipinski definition) is 3. The van der Waals surface area contributed by atoms with Crippen LogP contribution in [0.4, 0.5) is 4.39 Å². The van der Waals surface area contributed by atoms with Gasteiger partial charge < -0.3 is 14.6 Å². The summed E-state index contributed by atoms with van der Waals surface area (Å²) in [6.07, 6.45) is 4.11. The van der Waals surface area contributed by atoms with Crippen LogP contribution in [0.25, 0.3) is 6.08 Å². The van der Waals surface area contributed by atoms with E-state index in [1.54, 1.807) is 18.2 Å². The summed E-state index contributed by atoms with van der Waals surface area (Å²) >= 11 is 0. The van der Waals surface area contributed by atoms with Crippen LogP contribution in [0.1, 0.15) is 11.1 Å². The zero-order valence-corrected chi connectivity index (χ0v) is 12.0. The highest BCUT2D eigenvalue weighted by molar-refractivity contribution is 5.54. The molecule has 0 unspecified atom stereocenters. The van der Waals surface area contributed by atoms with Gasteiger partial charge in [-0.1, -0.05) is 24.3 Å². The van der Waals surface area contributed by atoms with Gasteiger partial charge >= 0.3 is 0 Å². The second-order valence-corrected chi connectivity index (χ2v) is 4.49. The third-order valence-electron chi connectivity index (χ3n) is 3.10. The fourth-order valence-electron chi connectivity index (χ4n) is 2.03. The number of allylic oxidation sites excluding steroid dienone is 1. The molecule has 1 N–H and O–H groups in total. The standard InChI is InChI=1S/C17H17FO3/c1-20-14-10-16(19)15(17(11-14)21-2)8-4-6-12-5-3-7-13(18)9-12/h3-7,9-11,19H,8H2,1-2H3/b6-4+. The number of ether oxygens (including phenoxy) is 2. The van der Waals surface area contributed by atoms with Crippen LogP contribution < -0.4 is 9.47 Å². The van der Waals surface area contributed by atoms with Crippen molar-refractivity contribution < 1.29 is 19.0 Å². The van der Waals surface area contributed by atoms with E-state index in [-0.39, 0.29) is 11.6 Å². The lowest BCUT2D eigenvalue weighted by atomic mass is 10.1. The molecule has 0 aliphatic carbocycles. The largest absolute Gasteiger partial charge is 0.507 e. The molecule has 2 aromatic rings. The van der Waals surface area contributed by atoms with Gasteiger partial charge in [0.1, 0.15) is 23.1 Å². The van der Waals surface area contributed by atoms with Gasteiger partial charge in [-0.15, -0.1) is 0 Å². The minimum Gasteiger partial charge on any atom is -0.507 e. The summed E-state index contributed by atoms with van der Waals surface area (Å²) < 4.78 is 23.4. The highest BCUT2D eigenvalue weighted by Gasteiger charge is 2.10. The van der Waals surface area contributed by atoms with Gasteiger partial charge in [0.15, 0.2) is 0 Å². The number of rotatable bonds is 5. The Bertz CT molecular complexity index is 650. The first-order valence-electron chi connectivity index (χ1n) is 6.50. The summed E-state index contributed by atoms with van der Waals surface area (Å²) in [5.74, 6) is 0.912. The van der Waals surface area contributed by atoms with Gasteiger partial charge in [0, 0.05) is 17.7 Å². The molecule has 110 valence electrons. The molecule has 3 nitrogen and oxygen atoms in total. The first-order chi connectivity index (χ1) is 10.1. The van der Waals surface area contributed by atoms with E-state index in [4.69, 9.17) is 9.47 Å². The Morgan fingerprint density at radius 3 is 2.62 bits per heavy atom. The summed E-state index contributed by atoms with van der Waals surface area (Å²) in [4.78, 5) is 0. The molecule has 2 aromatic carbocycles. The molecule has 0 saturated heterocycles. The molecular formula is C17H17FO3. The van der Waals surface area contributed by atoms with Crippen molar-refractivity contribution in [2.45, 2.75) is 6.42 Å². The van der Waals surface area contributed by atoms with Crippen molar-refractivity contribution in [1.82, 2.24) is 0 Å². The molecule has 0 aromatic heterocycles. The number of hydrogen-bond donors (Lipinski definition) is 1.